The molecule has 3 N–H and O–H groups in total. The van der Waals surface area contributed by atoms with Crippen LogP contribution in [0.3, 0.4) is 0 Å². The zero-order valence-corrected chi connectivity index (χ0v) is 19.3. The quantitative estimate of drug-likeness (QED) is 0.183. The molecule has 34 heavy (non-hydrogen) atoms. The molecule has 0 fully saturated rings. The van der Waals surface area contributed by atoms with Crippen molar-refractivity contribution in [1.29, 1.82) is 0 Å². The summed E-state index contributed by atoms with van der Waals surface area (Å²) in [7, 11) is 1.23. The summed E-state index contributed by atoms with van der Waals surface area (Å²) in [6.45, 7) is 1.89. The van der Waals surface area contributed by atoms with Crippen LogP contribution in [-0.2, 0) is 27.2 Å². The molecule has 0 aromatic heterocycles. The number of nitrogens with one attached hydrogen (secondary N) is 1. The molecule has 0 aliphatic rings. The van der Waals surface area contributed by atoms with Crippen LogP contribution in [0.25, 0.3) is 0 Å². The van der Waals surface area contributed by atoms with E-state index in [4.69, 9.17) is 14.7 Å². The van der Waals surface area contributed by atoms with E-state index in [0.29, 0.717) is 22.7 Å². The molecule has 0 bridgehead atoms. The van der Waals surface area contributed by atoms with Crippen molar-refractivity contribution in [1.82, 2.24) is 5.48 Å². The molecule has 0 saturated carbocycles. The largest absolute Gasteiger partial charge is 0.467 e. The highest BCUT2D eigenvalue weighted by molar-refractivity contribution is 7.80. The van der Waals surface area contributed by atoms with Gasteiger partial charge in [-0.25, -0.2) is 14.5 Å². The number of ether oxygens (including phenoxy) is 2. The van der Waals surface area contributed by atoms with Crippen LogP contribution in [0.5, 0.6) is 11.5 Å². The van der Waals surface area contributed by atoms with Crippen molar-refractivity contribution >= 4 is 28.8 Å². The van der Waals surface area contributed by atoms with Crippen molar-refractivity contribution in [3.8, 4) is 11.5 Å². The Morgan fingerprint density at radius 1 is 1.03 bits per heavy atom. The minimum Gasteiger partial charge on any atom is -0.467 e. The highest BCUT2D eigenvalue weighted by Crippen LogP contribution is 2.25. The number of aryl methyl sites for hydroxylation is 1. The zero-order chi connectivity index (χ0) is 24.7. The number of carbonyl (C=O) groups is 2. The fraction of sp³-hybridized carbons (Fsp3) is 0.167. The van der Waals surface area contributed by atoms with Gasteiger partial charge in [-0.3, -0.25) is 18.9 Å². The molecule has 1 amide bonds. The van der Waals surface area contributed by atoms with E-state index in [-0.39, 0.29) is 12.0 Å². The van der Waals surface area contributed by atoms with Crippen LogP contribution < -0.4 is 14.5 Å². The average molecular weight is 485 g/mol. The Bertz CT molecular complexity index is 1170. The molecule has 3 rings (SSSR count). The van der Waals surface area contributed by atoms with Crippen LogP contribution >= 0.6 is 0 Å². The summed E-state index contributed by atoms with van der Waals surface area (Å²) >= 11 is -2.47. The fourth-order valence-electron chi connectivity index (χ4n) is 3.29. The van der Waals surface area contributed by atoms with Gasteiger partial charge in [-0.2, -0.15) is 0 Å². The van der Waals surface area contributed by atoms with E-state index in [1.54, 1.807) is 66.1 Å². The van der Waals surface area contributed by atoms with Gasteiger partial charge in [0.1, 0.15) is 17.5 Å². The van der Waals surface area contributed by atoms with E-state index in [1.807, 2.05) is 6.92 Å². The molecule has 3 aromatic carbocycles. The van der Waals surface area contributed by atoms with E-state index < -0.39 is 29.2 Å². The third-order valence-corrected chi connectivity index (χ3v) is 5.80. The van der Waals surface area contributed by atoms with Crippen LogP contribution in [0, 0.1) is 6.92 Å². The number of amides is 1. The molecule has 9 nitrogen and oxygen atoms in total. The SMILES string of the molecule is COC(=O)C(Cc1ccc(Oc2cccc(C(=O)NO)c2)cc1)N(c1ccc(C)cc1)S(=O)O. The highest BCUT2D eigenvalue weighted by Gasteiger charge is 2.31. The summed E-state index contributed by atoms with van der Waals surface area (Å²) in [6.07, 6.45) is 0.110. The Morgan fingerprint density at radius 2 is 1.71 bits per heavy atom. The lowest BCUT2D eigenvalue weighted by atomic mass is 10.0. The van der Waals surface area contributed by atoms with Crippen molar-refractivity contribution in [3.63, 3.8) is 0 Å². The van der Waals surface area contributed by atoms with Crippen LogP contribution in [0.4, 0.5) is 5.69 Å². The summed E-state index contributed by atoms with van der Waals surface area (Å²) < 4.78 is 33.9. The number of nitrogens with zero attached hydrogens (tertiary/aromatic N) is 1. The first-order valence-corrected chi connectivity index (χ1v) is 11.2. The van der Waals surface area contributed by atoms with Gasteiger partial charge in [-0.05, 0) is 55.0 Å². The second kappa shape index (κ2) is 11.4. The minimum absolute atomic E-state index is 0.110. The van der Waals surface area contributed by atoms with Crippen LogP contribution in [0.2, 0.25) is 0 Å². The highest BCUT2D eigenvalue weighted by atomic mass is 32.2. The Morgan fingerprint density at radius 3 is 2.29 bits per heavy atom. The molecule has 3 aromatic rings. The average Bonchev–Trinajstić information content (AvgIpc) is 2.84. The summed E-state index contributed by atoms with van der Waals surface area (Å²) in [6, 6.07) is 18.9. The number of esters is 1. The van der Waals surface area contributed by atoms with Crippen molar-refractivity contribution < 1.29 is 33.0 Å². The molecular weight excluding hydrogens is 460 g/mol. The Hall–Kier alpha value is -3.73. The lowest BCUT2D eigenvalue weighted by Gasteiger charge is -2.28. The third kappa shape index (κ3) is 6.19. The topological polar surface area (TPSA) is 125 Å². The van der Waals surface area contributed by atoms with Gasteiger partial charge in [-0.15, -0.1) is 0 Å². The molecule has 2 atom stereocenters. The maximum Gasteiger partial charge on any atom is 0.330 e. The van der Waals surface area contributed by atoms with E-state index in [0.717, 1.165) is 9.87 Å². The lowest BCUT2D eigenvalue weighted by molar-refractivity contribution is -0.141. The van der Waals surface area contributed by atoms with Crippen LogP contribution in [-0.4, -0.2) is 39.0 Å². The number of anilines is 1. The molecule has 0 heterocycles. The van der Waals surface area contributed by atoms with Crippen molar-refractivity contribution in [2.45, 2.75) is 19.4 Å². The fourth-order valence-corrected chi connectivity index (χ4v) is 3.97. The molecule has 0 spiro atoms. The first-order valence-electron chi connectivity index (χ1n) is 10.2. The van der Waals surface area contributed by atoms with E-state index >= 15 is 0 Å². The number of rotatable bonds is 9. The molecule has 0 saturated heterocycles. The first-order chi connectivity index (χ1) is 16.3. The maximum absolute atomic E-state index is 12.5. The van der Waals surface area contributed by atoms with Gasteiger partial charge in [0, 0.05) is 12.0 Å². The Labute approximate surface area is 199 Å². The van der Waals surface area contributed by atoms with Crippen molar-refractivity contribution in [3.05, 3.63) is 89.5 Å². The van der Waals surface area contributed by atoms with Gasteiger partial charge in [0.15, 0.2) is 0 Å². The number of hydrogen-bond donors (Lipinski definition) is 3. The second-order valence-corrected chi connectivity index (χ2v) is 8.20. The summed E-state index contributed by atoms with van der Waals surface area (Å²) in [4.78, 5) is 24.1. The monoisotopic (exact) mass is 484 g/mol. The van der Waals surface area contributed by atoms with E-state index in [9.17, 15) is 18.4 Å². The number of carbonyl (C=O) groups excluding carboxylic acids is 2. The maximum atomic E-state index is 12.5. The number of methoxy groups -OCH3 is 1. The number of benzene rings is 3. The lowest BCUT2D eigenvalue weighted by Crippen LogP contribution is -2.44. The van der Waals surface area contributed by atoms with Gasteiger partial charge < -0.3 is 9.47 Å². The second-order valence-electron chi connectivity index (χ2n) is 7.35. The predicted molar refractivity (Wildman–Crippen MR) is 126 cm³/mol. The first kappa shape index (κ1) is 24.9. The van der Waals surface area contributed by atoms with Gasteiger partial charge in [0.2, 0.25) is 0 Å². The van der Waals surface area contributed by atoms with Gasteiger partial charge in [0.25, 0.3) is 17.2 Å². The number of hydrogen-bond acceptors (Lipinski definition) is 6. The normalized spacial score (nSPS) is 12.4. The molecule has 0 radical (unpaired) electrons. The summed E-state index contributed by atoms with van der Waals surface area (Å²) in [5, 5.41) is 8.77. The molecule has 0 aliphatic heterocycles. The standard InChI is InChI=1S/C24H24N2O7S/c1-16-6-10-19(11-7-16)26(34(30)31)22(24(28)32-2)14-17-8-12-20(13-9-17)33-21-5-3-4-18(15-21)23(27)25-29/h3-13,15,22,29H,14H2,1-2H3,(H,25,27)(H,30,31). The smallest absolute Gasteiger partial charge is 0.330 e. The predicted octanol–water partition coefficient (Wildman–Crippen LogP) is 3.63. The minimum atomic E-state index is -2.47. The molecule has 178 valence electrons. The Balaban J connectivity index is 1.80. The molecular formula is C24H24N2O7S. The van der Waals surface area contributed by atoms with E-state index in [2.05, 4.69) is 0 Å². The zero-order valence-electron chi connectivity index (χ0n) is 18.5. The molecule has 2 unspecified atom stereocenters. The van der Waals surface area contributed by atoms with Crippen molar-refractivity contribution in [2.75, 3.05) is 11.4 Å². The number of hydroxylamine groups is 1. The van der Waals surface area contributed by atoms with Gasteiger partial charge in [0.05, 0.1) is 12.8 Å². The molecule has 10 heteroatoms. The van der Waals surface area contributed by atoms with Crippen LogP contribution in [0.1, 0.15) is 21.5 Å². The van der Waals surface area contributed by atoms with E-state index in [1.165, 1.54) is 19.2 Å². The summed E-state index contributed by atoms with van der Waals surface area (Å²) in [5.41, 5.74) is 3.89. The van der Waals surface area contributed by atoms with Crippen LogP contribution in [0.15, 0.2) is 72.8 Å². The van der Waals surface area contributed by atoms with Gasteiger partial charge in [-0.1, -0.05) is 35.9 Å². The Kier molecular flexibility index (Phi) is 8.36. The van der Waals surface area contributed by atoms with Crippen molar-refractivity contribution in [2.24, 2.45) is 0 Å². The summed E-state index contributed by atoms with van der Waals surface area (Å²) in [5.74, 6) is -0.445. The van der Waals surface area contributed by atoms with Gasteiger partial charge >= 0.3 is 5.97 Å². The molecule has 0 aliphatic carbocycles. The third-order valence-electron chi connectivity index (χ3n) is 5.00.